The minimum Gasteiger partial charge on any atom is -0.493 e. The van der Waals surface area contributed by atoms with Crippen LogP contribution in [0.15, 0.2) is 74.0 Å². The van der Waals surface area contributed by atoms with E-state index in [2.05, 4.69) is 4.99 Å². The third-order valence-corrected chi connectivity index (χ3v) is 7.96. The van der Waals surface area contributed by atoms with Gasteiger partial charge in [0.05, 0.1) is 47.2 Å². The molecular weight excluding hydrogens is 587 g/mol. The normalized spacial score (nSPS) is 15.0. The van der Waals surface area contributed by atoms with Gasteiger partial charge < -0.3 is 18.6 Å². The molecule has 1 atom stereocenters. The van der Waals surface area contributed by atoms with E-state index in [0.717, 1.165) is 0 Å². The number of thiazole rings is 1. The second-order valence-electron chi connectivity index (χ2n) is 8.97. The first-order valence-corrected chi connectivity index (χ1v) is 14.4. The third-order valence-electron chi connectivity index (χ3n) is 6.41. The number of furan rings is 1. The van der Waals surface area contributed by atoms with Crippen LogP contribution in [-0.4, -0.2) is 30.9 Å². The van der Waals surface area contributed by atoms with E-state index in [-0.39, 0.29) is 17.7 Å². The summed E-state index contributed by atoms with van der Waals surface area (Å²) in [4.78, 5) is 32.2. The maximum atomic E-state index is 13.9. The van der Waals surface area contributed by atoms with Crippen molar-refractivity contribution in [3.05, 3.63) is 101 Å². The Morgan fingerprint density at radius 2 is 1.90 bits per heavy atom. The maximum absolute atomic E-state index is 13.9. The van der Waals surface area contributed by atoms with Crippen LogP contribution in [0.5, 0.6) is 11.5 Å². The lowest BCUT2D eigenvalue weighted by molar-refractivity contribution is -0.139. The molecule has 5 rings (SSSR count). The molecular formula is C30H26Cl2N2O6S. The Morgan fingerprint density at radius 1 is 1.10 bits per heavy atom. The average Bonchev–Trinajstić information content (AvgIpc) is 3.53. The van der Waals surface area contributed by atoms with Gasteiger partial charge in [-0.1, -0.05) is 40.6 Å². The van der Waals surface area contributed by atoms with Crippen LogP contribution in [0.3, 0.4) is 0 Å². The first-order valence-electron chi connectivity index (χ1n) is 12.8. The number of esters is 1. The lowest BCUT2D eigenvalue weighted by Crippen LogP contribution is -2.39. The van der Waals surface area contributed by atoms with E-state index in [9.17, 15) is 9.59 Å². The fraction of sp³-hybridized carbons (Fsp3) is 0.233. The molecule has 0 saturated heterocycles. The van der Waals surface area contributed by atoms with Crippen molar-refractivity contribution in [3.63, 3.8) is 0 Å². The molecule has 2 aromatic carbocycles. The number of benzene rings is 2. The lowest BCUT2D eigenvalue weighted by atomic mass is 9.95. The number of carbonyl (C=O) groups is 1. The van der Waals surface area contributed by atoms with Crippen LogP contribution < -0.4 is 24.4 Å². The van der Waals surface area contributed by atoms with Crippen LogP contribution in [0.1, 0.15) is 38.1 Å². The van der Waals surface area contributed by atoms with Crippen LogP contribution in [0.25, 0.3) is 17.4 Å². The molecule has 0 bridgehead atoms. The Labute approximate surface area is 249 Å². The molecule has 0 N–H and O–H groups in total. The SMILES string of the molecule is CCOC(=O)C1=C(C)N=c2s/c(=C\c3ccc(-c4cc(Cl)ccc4Cl)o3)c(=O)n2[C@@H]1c1ccc(OC)c(OCC)c1. The van der Waals surface area contributed by atoms with Gasteiger partial charge in [0.15, 0.2) is 16.3 Å². The molecule has 0 aliphatic carbocycles. The van der Waals surface area contributed by atoms with Gasteiger partial charge in [-0.3, -0.25) is 9.36 Å². The molecule has 3 heterocycles. The van der Waals surface area contributed by atoms with Gasteiger partial charge in [-0.25, -0.2) is 9.79 Å². The summed E-state index contributed by atoms with van der Waals surface area (Å²) in [5.41, 5.74) is 1.69. The highest BCUT2D eigenvalue weighted by atomic mass is 35.5. The summed E-state index contributed by atoms with van der Waals surface area (Å²) in [5, 5.41) is 1.01. The lowest BCUT2D eigenvalue weighted by Gasteiger charge is -2.25. The number of aromatic nitrogens is 1. The number of nitrogens with zero attached hydrogens (tertiary/aromatic N) is 2. The molecule has 212 valence electrons. The summed E-state index contributed by atoms with van der Waals surface area (Å²) in [7, 11) is 1.55. The molecule has 41 heavy (non-hydrogen) atoms. The molecule has 0 spiro atoms. The summed E-state index contributed by atoms with van der Waals surface area (Å²) in [6.45, 7) is 5.91. The zero-order valence-corrected chi connectivity index (χ0v) is 25.0. The smallest absolute Gasteiger partial charge is 0.338 e. The van der Waals surface area contributed by atoms with E-state index in [0.29, 0.717) is 65.8 Å². The standard InChI is InChI=1S/C30H26Cl2N2O6S/c1-5-38-24-13-17(7-11-23(24)37-4)27-26(29(36)39-6-2)16(3)33-30-34(27)28(35)25(41-30)15-19-9-12-22(40-19)20-14-18(31)8-10-21(20)32/h7-15,27H,5-6H2,1-4H3/b25-15-/t27-/m1/s1. The Kier molecular flexibility index (Phi) is 8.40. The third kappa shape index (κ3) is 5.57. The fourth-order valence-electron chi connectivity index (χ4n) is 4.63. The van der Waals surface area contributed by atoms with E-state index in [1.165, 1.54) is 15.9 Å². The van der Waals surface area contributed by atoms with E-state index in [4.69, 9.17) is 41.8 Å². The molecule has 11 heteroatoms. The van der Waals surface area contributed by atoms with E-state index >= 15 is 0 Å². The topological polar surface area (TPSA) is 92.3 Å². The number of ether oxygens (including phenoxy) is 3. The van der Waals surface area contributed by atoms with Crippen molar-refractivity contribution < 1.29 is 23.4 Å². The van der Waals surface area contributed by atoms with Gasteiger partial charge in [0, 0.05) is 16.7 Å². The summed E-state index contributed by atoms with van der Waals surface area (Å²) in [5.74, 6) is 1.44. The fourth-order valence-corrected chi connectivity index (χ4v) is 6.04. The van der Waals surface area contributed by atoms with Crippen LogP contribution in [0.2, 0.25) is 10.0 Å². The predicted octanol–water partition coefficient (Wildman–Crippen LogP) is 5.77. The average molecular weight is 614 g/mol. The molecule has 0 fully saturated rings. The zero-order chi connectivity index (χ0) is 29.3. The minimum atomic E-state index is -0.796. The molecule has 1 aliphatic rings. The Hall–Kier alpha value is -3.79. The maximum Gasteiger partial charge on any atom is 0.338 e. The number of carbonyl (C=O) groups excluding carboxylic acids is 1. The van der Waals surface area contributed by atoms with Gasteiger partial charge >= 0.3 is 5.97 Å². The van der Waals surface area contributed by atoms with E-state index in [1.807, 2.05) is 6.92 Å². The summed E-state index contributed by atoms with van der Waals surface area (Å²) in [6.07, 6.45) is 1.64. The molecule has 0 amide bonds. The summed E-state index contributed by atoms with van der Waals surface area (Å²) in [6, 6.07) is 13.1. The van der Waals surface area contributed by atoms with Crippen molar-refractivity contribution in [2.45, 2.75) is 26.8 Å². The minimum absolute atomic E-state index is 0.178. The van der Waals surface area contributed by atoms with Crippen molar-refractivity contribution in [1.82, 2.24) is 4.57 Å². The largest absolute Gasteiger partial charge is 0.493 e. The number of rotatable bonds is 8. The van der Waals surface area contributed by atoms with Crippen molar-refractivity contribution in [2.24, 2.45) is 4.99 Å². The number of methoxy groups -OCH3 is 1. The first kappa shape index (κ1) is 28.7. The number of fused-ring (bicyclic) bond motifs is 1. The first-order chi connectivity index (χ1) is 19.7. The summed E-state index contributed by atoms with van der Waals surface area (Å²) < 4.78 is 24.5. The van der Waals surface area contributed by atoms with Crippen molar-refractivity contribution in [3.8, 4) is 22.8 Å². The van der Waals surface area contributed by atoms with Crippen LogP contribution in [0.4, 0.5) is 0 Å². The summed E-state index contributed by atoms with van der Waals surface area (Å²) >= 11 is 13.7. The van der Waals surface area contributed by atoms with Crippen LogP contribution in [-0.2, 0) is 9.53 Å². The highest BCUT2D eigenvalue weighted by molar-refractivity contribution is 7.07. The van der Waals surface area contributed by atoms with Crippen molar-refractivity contribution >= 4 is 46.6 Å². The molecule has 4 aromatic rings. The van der Waals surface area contributed by atoms with Gasteiger partial charge in [0.1, 0.15) is 11.5 Å². The monoisotopic (exact) mass is 612 g/mol. The number of hydrogen-bond donors (Lipinski definition) is 0. The highest BCUT2D eigenvalue weighted by Crippen LogP contribution is 2.36. The Balaban J connectivity index is 1.66. The van der Waals surface area contributed by atoms with Gasteiger partial charge in [-0.15, -0.1) is 0 Å². The van der Waals surface area contributed by atoms with Crippen LogP contribution >= 0.6 is 34.5 Å². The molecule has 8 nitrogen and oxygen atoms in total. The van der Waals surface area contributed by atoms with E-state index < -0.39 is 12.0 Å². The number of allylic oxidation sites excluding steroid dienone is 1. The molecule has 2 aromatic heterocycles. The van der Waals surface area contributed by atoms with Gasteiger partial charge in [-0.05, 0) is 68.8 Å². The number of halogens is 2. The zero-order valence-electron chi connectivity index (χ0n) is 22.7. The number of hydrogen-bond acceptors (Lipinski definition) is 8. The molecule has 0 saturated carbocycles. The second kappa shape index (κ2) is 12.0. The van der Waals surface area contributed by atoms with Gasteiger partial charge in [-0.2, -0.15) is 0 Å². The van der Waals surface area contributed by atoms with E-state index in [1.54, 1.807) is 75.6 Å². The Morgan fingerprint density at radius 3 is 2.63 bits per heavy atom. The molecule has 0 unspecified atom stereocenters. The predicted molar refractivity (Wildman–Crippen MR) is 159 cm³/mol. The van der Waals surface area contributed by atoms with Gasteiger partial charge in [0.2, 0.25) is 0 Å². The van der Waals surface area contributed by atoms with Crippen LogP contribution in [0, 0.1) is 0 Å². The van der Waals surface area contributed by atoms with Crippen molar-refractivity contribution in [2.75, 3.05) is 20.3 Å². The quantitative estimate of drug-likeness (QED) is 0.234. The molecule has 1 aliphatic heterocycles. The van der Waals surface area contributed by atoms with Crippen molar-refractivity contribution in [1.29, 1.82) is 0 Å². The Bertz CT molecular complexity index is 1850. The highest BCUT2D eigenvalue weighted by Gasteiger charge is 2.34. The molecule has 0 radical (unpaired) electrons. The second-order valence-corrected chi connectivity index (χ2v) is 10.8. The van der Waals surface area contributed by atoms with Gasteiger partial charge in [0.25, 0.3) is 5.56 Å².